The van der Waals surface area contributed by atoms with Gasteiger partial charge in [-0.2, -0.15) is 0 Å². The molecular formula is C16H25N2O6+. The summed E-state index contributed by atoms with van der Waals surface area (Å²) in [5.41, 5.74) is 5.00. The summed E-state index contributed by atoms with van der Waals surface area (Å²) in [6, 6.07) is 2.03. The van der Waals surface area contributed by atoms with Crippen molar-refractivity contribution in [1.29, 1.82) is 0 Å². The third-order valence-electron chi connectivity index (χ3n) is 3.45. The second kappa shape index (κ2) is 9.67. The fraction of sp³-hybridized carbons (Fsp3) is 0.562. The normalized spacial score (nSPS) is 23.7. The number of nitrogens with one attached hydrogen (secondary N) is 2. The molecule has 0 saturated carbocycles. The number of hydrogen-bond acceptors (Lipinski definition) is 7. The number of hydroxylamine groups is 1. The van der Waals surface area contributed by atoms with Gasteiger partial charge in [-0.05, 0) is 25.5 Å². The van der Waals surface area contributed by atoms with E-state index in [1.54, 1.807) is 0 Å². The topological polar surface area (TPSA) is 115 Å². The maximum atomic E-state index is 9.77. The Morgan fingerprint density at radius 2 is 2.17 bits per heavy atom. The smallest absolute Gasteiger partial charge is 0.228 e. The molecule has 134 valence electrons. The molecule has 8 nitrogen and oxygen atoms in total. The number of aromatic amines is 1. The molecule has 0 aliphatic carbocycles. The van der Waals surface area contributed by atoms with E-state index in [1.165, 1.54) is 6.08 Å². The van der Waals surface area contributed by atoms with Gasteiger partial charge in [0, 0.05) is 17.7 Å². The highest BCUT2D eigenvalue weighted by Gasteiger charge is 2.32. The SMILES string of the molecule is Cc1c[nH+]cc(CONCCCO[C@H]2OC(CO)=C[C@@H](O)C2O)c1. The summed E-state index contributed by atoms with van der Waals surface area (Å²) < 4.78 is 10.6. The molecular weight excluding hydrogens is 316 g/mol. The van der Waals surface area contributed by atoms with Crippen molar-refractivity contribution in [3.63, 3.8) is 0 Å². The number of aryl methyl sites for hydroxylation is 1. The number of pyridine rings is 1. The van der Waals surface area contributed by atoms with E-state index in [9.17, 15) is 10.2 Å². The average Bonchev–Trinajstić information content (AvgIpc) is 2.57. The standard InChI is InChI=1S/C16H24N2O6/c1-11-5-12(8-17-7-11)10-23-18-3-2-4-22-16-15(21)14(20)6-13(9-19)24-16/h5-8,14-16,18-21H,2-4,9-10H2,1H3/p+1/t14-,15?,16+/m1/s1. The minimum absolute atomic E-state index is 0.189. The molecule has 0 aromatic carbocycles. The number of rotatable bonds is 9. The summed E-state index contributed by atoms with van der Waals surface area (Å²) >= 11 is 0. The van der Waals surface area contributed by atoms with Gasteiger partial charge in [0.1, 0.15) is 24.6 Å². The predicted molar refractivity (Wildman–Crippen MR) is 83.2 cm³/mol. The van der Waals surface area contributed by atoms with Gasteiger partial charge >= 0.3 is 0 Å². The monoisotopic (exact) mass is 341 g/mol. The molecule has 1 aliphatic heterocycles. The van der Waals surface area contributed by atoms with Crippen LogP contribution in [0.5, 0.6) is 0 Å². The van der Waals surface area contributed by atoms with Crippen molar-refractivity contribution in [3.05, 3.63) is 41.4 Å². The molecule has 0 saturated heterocycles. The van der Waals surface area contributed by atoms with Crippen LogP contribution in [0.3, 0.4) is 0 Å². The van der Waals surface area contributed by atoms with Crippen LogP contribution >= 0.6 is 0 Å². The van der Waals surface area contributed by atoms with Crippen molar-refractivity contribution in [2.75, 3.05) is 19.8 Å². The lowest BCUT2D eigenvalue weighted by atomic mass is 10.1. The van der Waals surface area contributed by atoms with Crippen LogP contribution in [-0.4, -0.2) is 53.6 Å². The van der Waals surface area contributed by atoms with Crippen molar-refractivity contribution < 1.29 is 34.6 Å². The molecule has 3 atom stereocenters. The van der Waals surface area contributed by atoms with Gasteiger partial charge in [-0.3, -0.25) is 4.84 Å². The molecule has 1 aromatic rings. The van der Waals surface area contributed by atoms with E-state index in [4.69, 9.17) is 19.4 Å². The zero-order valence-corrected chi connectivity index (χ0v) is 13.6. The first-order chi connectivity index (χ1) is 11.6. The Bertz CT molecular complexity index is 539. The second-order valence-electron chi connectivity index (χ2n) is 5.58. The third kappa shape index (κ3) is 5.82. The summed E-state index contributed by atoms with van der Waals surface area (Å²) in [6.45, 7) is 2.96. The van der Waals surface area contributed by atoms with E-state index in [0.29, 0.717) is 26.2 Å². The number of aliphatic hydroxyl groups is 3. The minimum atomic E-state index is -1.18. The van der Waals surface area contributed by atoms with Gasteiger partial charge in [0.2, 0.25) is 6.29 Å². The third-order valence-corrected chi connectivity index (χ3v) is 3.45. The molecule has 24 heavy (non-hydrogen) atoms. The Kier molecular flexibility index (Phi) is 7.57. The Morgan fingerprint density at radius 1 is 1.33 bits per heavy atom. The maximum Gasteiger partial charge on any atom is 0.228 e. The zero-order valence-electron chi connectivity index (χ0n) is 13.6. The van der Waals surface area contributed by atoms with Crippen LogP contribution < -0.4 is 10.5 Å². The summed E-state index contributed by atoms with van der Waals surface area (Å²) in [7, 11) is 0. The quantitative estimate of drug-likeness (QED) is 0.343. The van der Waals surface area contributed by atoms with Gasteiger partial charge < -0.3 is 24.8 Å². The van der Waals surface area contributed by atoms with Crippen molar-refractivity contribution in [2.24, 2.45) is 0 Å². The van der Waals surface area contributed by atoms with E-state index in [-0.39, 0.29) is 12.4 Å². The largest absolute Gasteiger partial charge is 0.464 e. The van der Waals surface area contributed by atoms with Crippen molar-refractivity contribution in [3.8, 4) is 0 Å². The van der Waals surface area contributed by atoms with Crippen LogP contribution in [0.25, 0.3) is 0 Å². The average molecular weight is 341 g/mol. The molecule has 5 N–H and O–H groups in total. The van der Waals surface area contributed by atoms with Crippen molar-refractivity contribution in [2.45, 2.75) is 38.4 Å². The molecule has 2 heterocycles. The van der Waals surface area contributed by atoms with Gasteiger partial charge in [-0.25, -0.2) is 10.5 Å². The first-order valence-electron chi connectivity index (χ1n) is 7.87. The van der Waals surface area contributed by atoms with E-state index in [1.807, 2.05) is 25.4 Å². The number of aliphatic hydroxyl groups excluding tert-OH is 3. The molecule has 1 unspecified atom stereocenters. The molecule has 0 spiro atoms. The van der Waals surface area contributed by atoms with Gasteiger partial charge in [-0.1, -0.05) is 0 Å². The lowest BCUT2D eigenvalue weighted by Gasteiger charge is -2.31. The zero-order chi connectivity index (χ0) is 17.4. The highest BCUT2D eigenvalue weighted by atomic mass is 16.7. The first-order valence-corrected chi connectivity index (χ1v) is 7.87. The number of hydrogen-bond donors (Lipinski definition) is 4. The second-order valence-corrected chi connectivity index (χ2v) is 5.58. The summed E-state index contributed by atoms with van der Waals surface area (Å²) in [5, 5.41) is 28.4. The van der Waals surface area contributed by atoms with Crippen LogP contribution in [0.1, 0.15) is 17.5 Å². The van der Waals surface area contributed by atoms with Gasteiger partial charge in [0.25, 0.3) is 0 Å². The van der Waals surface area contributed by atoms with Crippen LogP contribution in [0.15, 0.2) is 30.3 Å². The lowest BCUT2D eigenvalue weighted by molar-refractivity contribution is -0.379. The molecule has 1 aromatic heterocycles. The molecule has 0 radical (unpaired) electrons. The van der Waals surface area contributed by atoms with Crippen molar-refractivity contribution in [1.82, 2.24) is 5.48 Å². The van der Waals surface area contributed by atoms with E-state index in [2.05, 4.69) is 10.5 Å². The number of H-pyrrole nitrogens is 1. The Hall–Kier alpha value is -1.55. The summed E-state index contributed by atoms with van der Waals surface area (Å²) in [5.74, 6) is 0.189. The number of aromatic nitrogens is 1. The highest BCUT2D eigenvalue weighted by molar-refractivity contribution is 5.12. The van der Waals surface area contributed by atoms with Crippen LogP contribution in [0.2, 0.25) is 0 Å². The van der Waals surface area contributed by atoms with Crippen LogP contribution in [-0.2, 0) is 20.9 Å². The van der Waals surface area contributed by atoms with E-state index >= 15 is 0 Å². The van der Waals surface area contributed by atoms with Crippen LogP contribution in [0, 0.1) is 6.92 Å². The van der Waals surface area contributed by atoms with E-state index < -0.39 is 18.5 Å². The predicted octanol–water partition coefficient (Wildman–Crippen LogP) is -0.809. The Labute approximate surface area is 140 Å². The molecule has 0 amide bonds. The van der Waals surface area contributed by atoms with E-state index in [0.717, 1.165) is 11.1 Å². The minimum Gasteiger partial charge on any atom is -0.464 e. The Balaban J connectivity index is 1.57. The summed E-state index contributed by atoms with van der Waals surface area (Å²) in [6.07, 6.45) is 2.39. The molecule has 2 rings (SSSR count). The van der Waals surface area contributed by atoms with Gasteiger partial charge in [0.15, 0.2) is 12.4 Å². The molecule has 8 heteroatoms. The highest BCUT2D eigenvalue weighted by Crippen LogP contribution is 2.18. The molecule has 1 aliphatic rings. The van der Waals surface area contributed by atoms with Crippen molar-refractivity contribution >= 4 is 0 Å². The number of ether oxygens (including phenoxy) is 2. The molecule has 0 bridgehead atoms. The van der Waals surface area contributed by atoms with Crippen LogP contribution in [0.4, 0.5) is 0 Å². The van der Waals surface area contributed by atoms with Gasteiger partial charge in [-0.15, -0.1) is 0 Å². The molecule has 0 fully saturated rings. The Morgan fingerprint density at radius 3 is 2.92 bits per heavy atom. The van der Waals surface area contributed by atoms with Gasteiger partial charge in [0.05, 0.1) is 13.2 Å². The summed E-state index contributed by atoms with van der Waals surface area (Å²) in [4.78, 5) is 8.39. The fourth-order valence-corrected chi connectivity index (χ4v) is 2.22. The maximum absolute atomic E-state index is 9.77. The fourth-order valence-electron chi connectivity index (χ4n) is 2.22. The first kappa shape index (κ1) is 18.8. The lowest BCUT2D eigenvalue weighted by Crippen LogP contribution is -2.43.